The number of aliphatic hydroxyl groups is 1. The second-order valence-corrected chi connectivity index (χ2v) is 9.75. The molecule has 1 aliphatic heterocycles. The number of rotatable bonds is 8. The van der Waals surface area contributed by atoms with Crippen LogP contribution in [0.15, 0.2) is 47.4 Å². The maximum atomic E-state index is 12.9. The molecule has 2 aromatic carbocycles. The van der Waals surface area contributed by atoms with E-state index < -0.39 is 21.1 Å². The highest BCUT2D eigenvalue weighted by molar-refractivity contribution is 7.89. The van der Waals surface area contributed by atoms with Gasteiger partial charge in [-0.05, 0) is 24.3 Å². The number of nitrogens with zero attached hydrogens (tertiary/aromatic N) is 3. The van der Waals surface area contributed by atoms with Crippen LogP contribution in [-0.2, 0) is 10.0 Å². The Balaban J connectivity index is 1.51. The molecule has 0 spiro atoms. The van der Waals surface area contributed by atoms with Gasteiger partial charge in [-0.2, -0.15) is 4.31 Å². The first-order chi connectivity index (χ1) is 14.7. The lowest BCUT2D eigenvalue weighted by atomic mass is 10.3. The molecule has 0 radical (unpaired) electrons. The number of piperazine rings is 1. The minimum atomic E-state index is -3.78. The number of nitro groups is 1. The molecule has 0 aromatic heterocycles. The summed E-state index contributed by atoms with van der Waals surface area (Å²) in [5.41, 5.74) is -0.0934. The summed E-state index contributed by atoms with van der Waals surface area (Å²) in [5, 5.41) is 21.5. The van der Waals surface area contributed by atoms with Crippen LogP contribution >= 0.6 is 23.2 Å². The van der Waals surface area contributed by atoms with Gasteiger partial charge in [0.15, 0.2) is 0 Å². The van der Waals surface area contributed by atoms with Gasteiger partial charge in [0.2, 0.25) is 10.0 Å². The van der Waals surface area contributed by atoms with Gasteiger partial charge in [0.05, 0.1) is 16.0 Å². The summed E-state index contributed by atoms with van der Waals surface area (Å²) in [6, 6.07) is 10.0. The molecule has 0 bridgehead atoms. The molecule has 31 heavy (non-hydrogen) atoms. The fraction of sp³-hybridized carbons (Fsp3) is 0.368. The molecule has 168 valence electrons. The maximum Gasteiger partial charge on any atom is 0.273 e. The van der Waals surface area contributed by atoms with Crippen molar-refractivity contribution < 1.29 is 23.2 Å². The summed E-state index contributed by atoms with van der Waals surface area (Å²) < 4.78 is 32.5. The average molecular weight is 490 g/mol. The molecule has 0 saturated carbocycles. The van der Waals surface area contributed by atoms with E-state index in [2.05, 4.69) is 0 Å². The third-order valence-electron chi connectivity index (χ3n) is 4.78. The zero-order valence-corrected chi connectivity index (χ0v) is 18.7. The van der Waals surface area contributed by atoms with E-state index in [1.807, 2.05) is 4.90 Å². The van der Waals surface area contributed by atoms with Crippen LogP contribution in [0.2, 0.25) is 10.0 Å². The van der Waals surface area contributed by atoms with Crippen molar-refractivity contribution in [1.29, 1.82) is 0 Å². The van der Waals surface area contributed by atoms with Crippen LogP contribution in [-0.4, -0.2) is 73.1 Å². The van der Waals surface area contributed by atoms with E-state index in [0.717, 1.165) is 0 Å². The van der Waals surface area contributed by atoms with Crippen LogP contribution in [0.1, 0.15) is 0 Å². The fourth-order valence-electron chi connectivity index (χ4n) is 3.20. The van der Waals surface area contributed by atoms with Gasteiger partial charge in [0, 0.05) is 43.8 Å². The first-order valence-corrected chi connectivity index (χ1v) is 11.6. The molecule has 1 atom stereocenters. The summed E-state index contributed by atoms with van der Waals surface area (Å²) in [4.78, 5) is 12.2. The molecule has 1 heterocycles. The Morgan fingerprint density at radius 3 is 2.52 bits per heavy atom. The highest BCUT2D eigenvalue weighted by Gasteiger charge is 2.30. The minimum absolute atomic E-state index is 0.0273. The highest BCUT2D eigenvalue weighted by Crippen LogP contribution is 2.28. The summed E-state index contributed by atoms with van der Waals surface area (Å²) in [6.07, 6.45) is -0.843. The Hall–Kier alpha value is -1.95. The van der Waals surface area contributed by atoms with Gasteiger partial charge in [-0.25, -0.2) is 8.42 Å². The zero-order chi connectivity index (χ0) is 22.6. The van der Waals surface area contributed by atoms with E-state index >= 15 is 0 Å². The van der Waals surface area contributed by atoms with E-state index in [-0.39, 0.29) is 46.9 Å². The summed E-state index contributed by atoms with van der Waals surface area (Å²) in [6.45, 7) is 1.56. The van der Waals surface area contributed by atoms with Crippen molar-refractivity contribution in [3.05, 3.63) is 62.6 Å². The summed E-state index contributed by atoms with van der Waals surface area (Å²) in [5.74, 6) is 0.294. The SMILES string of the molecule is O=[N+]([O-])c1cccc(OC[C@@H](O)CN2CCN(S(=O)(=O)c3cc(Cl)ccc3Cl)CC2)c1. The molecular formula is C19H21Cl2N3O6S. The third-order valence-corrected chi connectivity index (χ3v) is 7.40. The molecule has 0 aliphatic carbocycles. The Morgan fingerprint density at radius 2 is 1.84 bits per heavy atom. The van der Waals surface area contributed by atoms with Crippen molar-refractivity contribution in [2.45, 2.75) is 11.0 Å². The Bertz CT molecular complexity index is 1040. The highest BCUT2D eigenvalue weighted by atomic mass is 35.5. The largest absolute Gasteiger partial charge is 0.491 e. The van der Waals surface area contributed by atoms with Gasteiger partial charge in [0.25, 0.3) is 5.69 Å². The van der Waals surface area contributed by atoms with Gasteiger partial charge >= 0.3 is 0 Å². The molecular weight excluding hydrogens is 469 g/mol. The molecule has 9 nitrogen and oxygen atoms in total. The van der Waals surface area contributed by atoms with Gasteiger partial charge in [0.1, 0.15) is 23.4 Å². The second kappa shape index (κ2) is 10.1. The van der Waals surface area contributed by atoms with E-state index in [4.69, 9.17) is 27.9 Å². The lowest BCUT2D eigenvalue weighted by Gasteiger charge is -2.35. The van der Waals surface area contributed by atoms with Crippen molar-refractivity contribution in [3.63, 3.8) is 0 Å². The molecule has 1 fully saturated rings. The van der Waals surface area contributed by atoms with Gasteiger partial charge in [-0.3, -0.25) is 15.0 Å². The molecule has 3 rings (SSSR count). The van der Waals surface area contributed by atoms with Crippen LogP contribution in [0.5, 0.6) is 5.75 Å². The van der Waals surface area contributed by atoms with Gasteiger partial charge < -0.3 is 9.84 Å². The van der Waals surface area contributed by atoms with E-state index in [1.54, 1.807) is 6.07 Å². The predicted octanol–water partition coefficient (Wildman–Crippen LogP) is 2.65. The third kappa shape index (κ3) is 6.06. The lowest BCUT2D eigenvalue weighted by molar-refractivity contribution is -0.384. The Kier molecular flexibility index (Phi) is 7.73. The maximum absolute atomic E-state index is 12.9. The Morgan fingerprint density at radius 1 is 1.13 bits per heavy atom. The number of β-amino-alcohol motifs (C(OH)–C–C–N with tert-alkyl or cyclic N) is 1. The first kappa shape index (κ1) is 23.7. The summed E-state index contributed by atoms with van der Waals surface area (Å²) in [7, 11) is -3.78. The van der Waals surface area contributed by atoms with E-state index in [1.165, 1.54) is 40.7 Å². The number of non-ortho nitro benzene ring substituents is 1. The number of sulfonamides is 1. The number of halogens is 2. The molecule has 1 aliphatic rings. The second-order valence-electron chi connectivity index (χ2n) is 7.00. The smallest absolute Gasteiger partial charge is 0.273 e. The number of ether oxygens (including phenoxy) is 1. The van der Waals surface area contributed by atoms with E-state index in [9.17, 15) is 23.6 Å². The average Bonchev–Trinajstić information content (AvgIpc) is 2.74. The molecule has 1 N–H and O–H groups in total. The molecule has 0 unspecified atom stereocenters. The number of benzene rings is 2. The van der Waals surface area contributed by atoms with Crippen molar-refractivity contribution in [2.75, 3.05) is 39.3 Å². The van der Waals surface area contributed by atoms with Crippen LogP contribution in [0.4, 0.5) is 5.69 Å². The van der Waals surface area contributed by atoms with Crippen LogP contribution in [0.3, 0.4) is 0 Å². The molecule has 1 saturated heterocycles. The molecule has 2 aromatic rings. The monoisotopic (exact) mass is 489 g/mol. The fourth-order valence-corrected chi connectivity index (χ4v) is 5.36. The standard InChI is InChI=1S/C19H21Cl2N3O6S/c20-14-4-5-18(21)19(10-14)31(28,29)23-8-6-22(7-9-23)12-16(25)13-30-17-3-1-2-15(11-17)24(26)27/h1-5,10-11,16,25H,6-9,12-13H2/t16-/m0/s1. The van der Waals surface area contributed by atoms with E-state index in [0.29, 0.717) is 18.8 Å². The zero-order valence-electron chi connectivity index (χ0n) is 16.4. The number of nitro benzene ring substituents is 1. The topological polar surface area (TPSA) is 113 Å². The number of hydrogen-bond acceptors (Lipinski definition) is 7. The van der Waals surface area contributed by atoms with Crippen LogP contribution in [0, 0.1) is 10.1 Å². The predicted molar refractivity (Wildman–Crippen MR) is 116 cm³/mol. The first-order valence-electron chi connectivity index (χ1n) is 9.39. The van der Waals surface area contributed by atoms with Crippen LogP contribution < -0.4 is 4.74 Å². The van der Waals surface area contributed by atoms with Crippen molar-refractivity contribution in [3.8, 4) is 5.75 Å². The quantitative estimate of drug-likeness (QED) is 0.447. The lowest BCUT2D eigenvalue weighted by Crippen LogP contribution is -2.50. The van der Waals surface area contributed by atoms with Crippen LogP contribution in [0.25, 0.3) is 0 Å². The van der Waals surface area contributed by atoms with Gasteiger partial charge in [-0.1, -0.05) is 29.3 Å². The van der Waals surface area contributed by atoms with Crippen molar-refractivity contribution in [2.24, 2.45) is 0 Å². The number of hydrogen-bond donors (Lipinski definition) is 1. The molecule has 12 heteroatoms. The Labute approximate surface area is 189 Å². The normalized spacial score (nSPS) is 16.7. The van der Waals surface area contributed by atoms with Gasteiger partial charge in [-0.15, -0.1) is 0 Å². The van der Waals surface area contributed by atoms with Crippen molar-refractivity contribution >= 4 is 38.9 Å². The number of aliphatic hydroxyl groups excluding tert-OH is 1. The molecule has 0 amide bonds. The minimum Gasteiger partial charge on any atom is -0.491 e. The summed E-state index contributed by atoms with van der Waals surface area (Å²) >= 11 is 12.0. The van der Waals surface area contributed by atoms with Crippen molar-refractivity contribution in [1.82, 2.24) is 9.21 Å².